The SMILES string of the molecule is CCc1ccc(C(C(=O)Nc2ccc3ccccc3c2)N(C)C(=O)C(Cc2ccc(O)cc2)NC(=O)OC(C)(C)C)cc1. The smallest absolute Gasteiger partial charge is 0.408 e. The molecule has 0 saturated heterocycles. The molecule has 0 aliphatic carbocycles. The number of fused-ring (bicyclic) bond motifs is 1. The Balaban J connectivity index is 1.66. The first-order valence-electron chi connectivity index (χ1n) is 14.4. The van der Waals surface area contributed by atoms with Crippen molar-refractivity contribution in [2.24, 2.45) is 0 Å². The van der Waals surface area contributed by atoms with Crippen LogP contribution in [-0.4, -0.2) is 46.6 Å². The highest BCUT2D eigenvalue weighted by Crippen LogP contribution is 2.26. The van der Waals surface area contributed by atoms with Crippen molar-refractivity contribution in [3.63, 3.8) is 0 Å². The van der Waals surface area contributed by atoms with Crippen LogP contribution in [0.4, 0.5) is 10.5 Å². The Kier molecular flexibility index (Phi) is 9.70. The molecule has 8 heteroatoms. The normalized spacial score (nSPS) is 12.7. The molecule has 0 aliphatic heterocycles. The van der Waals surface area contributed by atoms with Crippen molar-refractivity contribution in [1.29, 1.82) is 0 Å². The van der Waals surface area contributed by atoms with Crippen LogP contribution in [0, 0.1) is 0 Å². The zero-order valence-electron chi connectivity index (χ0n) is 25.3. The largest absolute Gasteiger partial charge is 0.508 e. The predicted molar refractivity (Wildman–Crippen MR) is 169 cm³/mol. The van der Waals surface area contributed by atoms with Gasteiger partial charge in [0.2, 0.25) is 5.91 Å². The molecule has 0 saturated carbocycles. The number of phenolic OH excluding ortho intramolecular Hbond substituents is 1. The van der Waals surface area contributed by atoms with Crippen LogP contribution in [0.15, 0.2) is 91.0 Å². The lowest BCUT2D eigenvalue weighted by atomic mass is 9.99. The zero-order valence-corrected chi connectivity index (χ0v) is 25.3. The molecule has 0 radical (unpaired) electrons. The van der Waals surface area contributed by atoms with Gasteiger partial charge in [0, 0.05) is 19.2 Å². The first-order valence-corrected chi connectivity index (χ1v) is 14.4. The minimum atomic E-state index is -1.05. The van der Waals surface area contributed by atoms with Gasteiger partial charge in [0.05, 0.1) is 0 Å². The zero-order chi connectivity index (χ0) is 31.1. The number of carbonyl (C=O) groups is 3. The van der Waals surface area contributed by atoms with E-state index in [0.717, 1.165) is 22.8 Å². The van der Waals surface area contributed by atoms with Crippen molar-refractivity contribution in [2.75, 3.05) is 12.4 Å². The van der Waals surface area contributed by atoms with E-state index in [1.54, 1.807) is 40.0 Å². The maximum atomic E-state index is 14.1. The number of aromatic hydroxyl groups is 1. The molecular weight excluding hydrogens is 542 g/mol. The minimum Gasteiger partial charge on any atom is -0.508 e. The number of anilines is 1. The van der Waals surface area contributed by atoms with Crippen LogP contribution in [0.3, 0.4) is 0 Å². The number of ether oxygens (including phenoxy) is 1. The molecule has 3 N–H and O–H groups in total. The molecule has 2 unspecified atom stereocenters. The van der Waals surface area contributed by atoms with Gasteiger partial charge in [0.15, 0.2) is 0 Å². The van der Waals surface area contributed by atoms with Crippen LogP contribution >= 0.6 is 0 Å². The summed E-state index contributed by atoms with van der Waals surface area (Å²) in [6, 6.07) is 25.5. The van der Waals surface area contributed by atoms with Gasteiger partial charge in [-0.2, -0.15) is 0 Å². The second-order valence-electron chi connectivity index (χ2n) is 11.6. The van der Waals surface area contributed by atoms with E-state index in [9.17, 15) is 19.5 Å². The maximum absolute atomic E-state index is 14.1. The van der Waals surface area contributed by atoms with Crippen molar-refractivity contribution in [2.45, 2.75) is 58.2 Å². The predicted octanol–water partition coefficient (Wildman–Crippen LogP) is 6.38. The summed E-state index contributed by atoms with van der Waals surface area (Å²) in [5.74, 6) is -0.780. The van der Waals surface area contributed by atoms with E-state index in [2.05, 4.69) is 10.6 Å². The number of carbonyl (C=O) groups excluding carboxylic acids is 3. The maximum Gasteiger partial charge on any atom is 0.408 e. The van der Waals surface area contributed by atoms with Crippen molar-refractivity contribution in [3.8, 4) is 5.75 Å². The summed E-state index contributed by atoms with van der Waals surface area (Å²) in [6.45, 7) is 7.26. The fourth-order valence-electron chi connectivity index (χ4n) is 4.85. The van der Waals surface area contributed by atoms with Gasteiger partial charge in [-0.05, 0) is 78.9 Å². The van der Waals surface area contributed by atoms with E-state index in [-0.39, 0.29) is 12.2 Å². The number of alkyl carbamates (subject to hydrolysis) is 1. The lowest BCUT2D eigenvalue weighted by Gasteiger charge is -2.32. The minimum absolute atomic E-state index is 0.0878. The quantitative estimate of drug-likeness (QED) is 0.213. The van der Waals surface area contributed by atoms with Gasteiger partial charge in [-0.3, -0.25) is 9.59 Å². The average Bonchev–Trinajstić information content (AvgIpc) is 2.97. The fourth-order valence-corrected chi connectivity index (χ4v) is 4.85. The first kappa shape index (κ1) is 31.1. The fraction of sp³-hybridized carbons (Fsp3) is 0.286. The van der Waals surface area contributed by atoms with Gasteiger partial charge in [0.25, 0.3) is 5.91 Å². The molecule has 2 atom stereocenters. The number of hydrogen-bond acceptors (Lipinski definition) is 5. The number of likely N-dealkylation sites (N-methyl/N-ethyl adjacent to an activating group) is 1. The number of aryl methyl sites for hydroxylation is 1. The van der Waals surface area contributed by atoms with Gasteiger partial charge in [-0.15, -0.1) is 0 Å². The topological polar surface area (TPSA) is 108 Å². The Morgan fingerprint density at radius 3 is 2.12 bits per heavy atom. The first-order chi connectivity index (χ1) is 20.4. The number of nitrogens with one attached hydrogen (secondary N) is 2. The summed E-state index contributed by atoms with van der Waals surface area (Å²) in [7, 11) is 1.56. The third-order valence-corrected chi connectivity index (χ3v) is 7.07. The number of phenols is 1. The van der Waals surface area contributed by atoms with E-state index in [1.165, 1.54) is 17.0 Å². The Hall–Kier alpha value is -4.85. The third kappa shape index (κ3) is 8.35. The van der Waals surface area contributed by atoms with E-state index in [4.69, 9.17) is 4.74 Å². The molecule has 0 heterocycles. The Morgan fingerprint density at radius 1 is 0.860 bits per heavy atom. The highest BCUT2D eigenvalue weighted by molar-refractivity contribution is 6.00. The van der Waals surface area contributed by atoms with Crippen molar-refractivity contribution in [3.05, 3.63) is 108 Å². The van der Waals surface area contributed by atoms with Crippen molar-refractivity contribution >= 4 is 34.4 Å². The monoisotopic (exact) mass is 581 g/mol. The lowest BCUT2D eigenvalue weighted by Crippen LogP contribution is -2.52. The third-order valence-electron chi connectivity index (χ3n) is 7.07. The number of benzene rings is 4. The molecule has 8 nitrogen and oxygen atoms in total. The summed E-state index contributed by atoms with van der Waals surface area (Å²) in [6.07, 6.45) is 0.205. The Labute approximate surface area is 252 Å². The molecule has 0 fully saturated rings. The second-order valence-corrected chi connectivity index (χ2v) is 11.6. The second kappa shape index (κ2) is 13.4. The molecule has 4 aromatic rings. The summed E-state index contributed by atoms with van der Waals surface area (Å²) in [5.41, 5.74) is 2.28. The molecule has 4 rings (SSSR count). The summed E-state index contributed by atoms with van der Waals surface area (Å²) < 4.78 is 5.45. The van der Waals surface area contributed by atoms with Crippen LogP contribution in [-0.2, 0) is 27.2 Å². The molecule has 0 aromatic heterocycles. The molecule has 224 valence electrons. The van der Waals surface area contributed by atoms with Crippen molar-refractivity contribution in [1.82, 2.24) is 10.2 Å². The highest BCUT2D eigenvalue weighted by Gasteiger charge is 2.34. The van der Waals surface area contributed by atoms with Gasteiger partial charge in [0.1, 0.15) is 23.4 Å². The van der Waals surface area contributed by atoms with E-state index in [0.29, 0.717) is 16.8 Å². The number of hydrogen-bond donors (Lipinski definition) is 3. The van der Waals surface area contributed by atoms with E-state index in [1.807, 2.05) is 73.7 Å². The summed E-state index contributed by atoms with van der Waals surface area (Å²) >= 11 is 0. The summed E-state index contributed by atoms with van der Waals surface area (Å²) in [4.78, 5) is 42.2. The number of rotatable bonds is 9. The Bertz CT molecular complexity index is 1580. The molecule has 0 bridgehead atoms. The Morgan fingerprint density at radius 2 is 1.49 bits per heavy atom. The molecule has 0 spiro atoms. The van der Waals surface area contributed by atoms with Gasteiger partial charge >= 0.3 is 6.09 Å². The standard InChI is InChI=1S/C35H39N3O5/c1-6-23-11-15-26(16-12-23)31(32(40)36-28-18-17-25-9-7-8-10-27(25)22-28)38(5)33(41)30(37-34(42)43-35(2,3)4)21-24-13-19-29(39)20-14-24/h7-20,22,30-31,39H,6,21H2,1-5H3,(H,36,40)(H,37,42). The van der Waals surface area contributed by atoms with E-state index < -0.39 is 35.6 Å². The van der Waals surface area contributed by atoms with Gasteiger partial charge in [-0.25, -0.2) is 4.79 Å². The van der Waals surface area contributed by atoms with Crippen LogP contribution in [0.1, 0.15) is 50.4 Å². The highest BCUT2D eigenvalue weighted by atomic mass is 16.6. The number of nitrogens with zero attached hydrogens (tertiary/aromatic N) is 1. The van der Waals surface area contributed by atoms with Gasteiger partial charge < -0.3 is 25.4 Å². The molecule has 0 aliphatic rings. The van der Waals surface area contributed by atoms with Gasteiger partial charge in [-0.1, -0.05) is 73.7 Å². The molecule has 4 aromatic carbocycles. The molecule has 43 heavy (non-hydrogen) atoms. The van der Waals surface area contributed by atoms with Crippen molar-refractivity contribution < 1.29 is 24.2 Å². The number of amides is 3. The van der Waals surface area contributed by atoms with Crippen LogP contribution in [0.2, 0.25) is 0 Å². The lowest BCUT2D eigenvalue weighted by molar-refractivity contribution is -0.139. The molecular formula is C35H39N3O5. The molecule has 3 amide bonds. The summed E-state index contributed by atoms with van der Waals surface area (Å²) in [5, 5.41) is 17.4. The van der Waals surface area contributed by atoms with E-state index >= 15 is 0 Å². The average molecular weight is 582 g/mol. The van der Waals surface area contributed by atoms with Crippen LogP contribution in [0.25, 0.3) is 10.8 Å². The van der Waals surface area contributed by atoms with Crippen LogP contribution in [0.5, 0.6) is 5.75 Å². The van der Waals surface area contributed by atoms with Crippen LogP contribution < -0.4 is 10.6 Å².